The van der Waals surface area contributed by atoms with Gasteiger partial charge in [0, 0.05) is 41.8 Å². The van der Waals surface area contributed by atoms with Crippen molar-refractivity contribution in [1.82, 2.24) is 9.97 Å². The standard InChI is InChI=1S/C23H27N5O2/c1-5-28(6-2)21-15-16(3)24-23(27-21)26-19-11-9-18(10-12-19)25-22(29)17-7-13-20(30-4)14-8-17/h7-15H,5-6H2,1-4H3,(H,25,29)(H,24,26,27). The van der Waals surface area contributed by atoms with Gasteiger partial charge < -0.3 is 20.3 Å². The summed E-state index contributed by atoms with van der Waals surface area (Å²) in [4.78, 5) is 23.7. The van der Waals surface area contributed by atoms with Crippen LogP contribution in [0.3, 0.4) is 0 Å². The summed E-state index contributed by atoms with van der Waals surface area (Å²) in [6.45, 7) is 7.93. The first-order valence-electron chi connectivity index (χ1n) is 9.95. The summed E-state index contributed by atoms with van der Waals surface area (Å²) < 4.78 is 5.12. The second-order valence-electron chi connectivity index (χ2n) is 6.75. The third-order valence-electron chi connectivity index (χ3n) is 4.68. The van der Waals surface area contributed by atoms with Gasteiger partial charge in [-0.25, -0.2) is 4.98 Å². The van der Waals surface area contributed by atoms with Crippen molar-refractivity contribution in [3.05, 3.63) is 65.9 Å². The van der Waals surface area contributed by atoms with E-state index < -0.39 is 0 Å². The topological polar surface area (TPSA) is 79.4 Å². The van der Waals surface area contributed by atoms with E-state index in [0.717, 1.165) is 30.3 Å². The summed E-state index contributed by atoms with van der Waals surface area (Å²) in [6, 6.07) is 16.4. The van der Waals surface area contributed by atoms with Gasteiger partial charge in [-0.2, -0.15) is 4.98 Å². The predicted octanol–water partition coefficient (Wildman–Crippen LogP) is 4.64. The third-order valence-corrected chi connectivity index (χ3v) is 4.68. The molecule has 0 aliphatic rings. The maximum atomic E-state index is 12.4. The summed E-state index contributed by atoms with van der Waals surface area (Å²) in [7, 11) is 1.59. The maximum absolute atomic E-state index is 12.4. The van der Waals surface area contributed by atoms with Crippen LogP contribution in [0.4, 0.5) is 23.1 Å². The molecule has 0 unspecified atom stereocenters. The second kappa shape index (κ2) is 9.73. The molecule has 7 heteroatoms. The van der Waals surface area contributed by atoms with Crippen molar-refractivity contribution < 1.29 is 9.53 Å². The average Bonchev–Trinajstić information content (AvgIpc) is 2.75. The lowest BCUT2D eigenvalue weighted by Gasteiger charge is -2.20. The van der Waals surface area contributed by atoms with Gasteiger partial charge >= 0.3 is 0 Å². The zero-order valence-corrected chi connectivity index (χ0v) is 17.8. The minimum atomic E-state index is -0.177. The van der Waals surface area contributed by atoms with Crippen LogP contribution in [0.15, 0.2) is 54.6 Å². The van der Waals surface area contributed by atoms with Crippen LogP contribution in [0.2, 0.25) is 0 Å². The second-order valence-corrected chi connectivity index (χ2v) is 6.75. The van der Waals surface area contributed by atoms with Gasteiger partial charge in [-0.1, -0.05) is 0 Å². The lowest BCUT2D eigenvalue weighted by molar-refractivity contribution is 0.102. The van der Waals surface area contributed by atoms with Gasteiger partial charge in [-0.15, -0.1) is 0 Å². The lowest BCUT2D eigenvalue weighted by Crippen LogP contribution is -2.23. The average molecular weight is 406 g/mol. The molecule has 0 bridgehead atoms. The van der Waals surface area contributed by atoms with Gasteiger partial charge in [0.1, 0.15) is 11.6 Å². The summed E-state index contributed by atoms with van der Waals surface area (Å²) in [5, 5.41) is 6.13. The molecule has 0 saturated heterocycles. The summed E-state index contributed by atoms with van der Waals surface area (Å²) >= 11 is 0. The van der Waals surface area contributed by atoms with Crippen LogP contribution in [0.1, 0.15) is 29.9 Å². The highest BCUT2D eigenvalue weighted by atomic mass is 16.5. The Hall–Kier alpha value is -3.61. The molecule has 3 rings (SSSR count). The lowest BCUT2D eigenvalue weighted by atomic mass is 10.2. The maximum Gasteiger partial charge on any atom is 0.255 e. The van der Waals surface area contributed by atoms with E-state index in [4.69, 9.17) is 4.74 Å². The van der Waals surface area contributed by atoms with E-state index in [0.29, 0.717) is 22.9 Å². The molecule has 30 heavy (non-hydrogen) atoms. The number of carbonyl (C=O) groups excluding carboxylic acids is 1. The number of methoxy groups -OCH3 is 1. The monoisotopic (exact) mass is 405 g/mol. The van der Waals surface area contributed by atoms with E-state index in [1.165, 1.54) is 0 Å². The van der Waals surface area contributed by atoms with Crippen molar-refractivity contribution >= 4 is 29.0 Å². The van der Waals surface area contributed by atoms with Gasteiger partial charge in [0.15, 0.2) is 0 Å². The normalized spacial score (nSPS) is 10.4. The highest BCUT2D eigenvalue weighted by Crippen LogP contribution is 2.20. The van der Waals surface area contributed by atoms with Crippen molar-refractivity contribution in [2.75, 3.05) is 35.7 Å². The molecule has 2 N–H and O–H groups in total. The van der Waals surface area contributed by atoms with E-state index in [1.54, 1.807) is 31.4 Å². The molecule has 0 aliphatic heterocycles. The number of carbonyl (C=O) groups is 1. The summed E-state index contributed by atoms with van der Waals surface area (Å²) in [5.74, 6) is 1.99. The molecule has 156 valence electrons. The molecule has 1 heterocycles. The van der Waals surface area contributed by atoms with Crippen LogP contribution in [0.5, 0.6) is 5.75 Å². The fraction of sp³-hybridized carbons (Fsp3) is 0.261. The fourth-order valence-electron chi connectivity index (χ4n) is 3.03. The molecule has 2 aromatic carbocycles. The van der Waals surface area contributed by atoms with Crippen LogP contribution >= 0.6 is 0 Å². The number of benzene rings is 2. The Bertz CT molecular complexity index is 983. The predicted molar refractivity (Wildman–Crippen MR) is 121 cm³/mol. The van der Waals surface area contributed by atoms with Gasteiger partial charge in [0.05, 0.1) is 7.11 Å². The van der Waals surface area contributed by atoms with Crippen LogP contribution < -0.4 is 20.3 Å². The number of aryl methyl sites for hydroxylation is 1. The van der Waals surface area contributed by atoms with Crippen molar-refractivity contribution in [1.29, 1.82) is 0 Å². The molecule has 1 aromatic heterocycles. The highest BCUT2D eigenvalue weighted by Gasteiger charge is 2.09. The number of nitrogens with zero attached hydrogens (tertiary/aromatic N) is 3. The SMILES string of the molecule is CCN(CC)c1cc(C)nc(Nc2ccc(NC(=O)c3ccc(OC)cc3)cc2)n1. The fourth-order valence-corrected chi connectivity index (χ4v) is 3.03. The van der Waals surface area contributed by atoms with E-state index in [1.807, 2.05) is 37.3 Å². The van der Waals surface area contributed by atoms with Crippen molar-refractivity contribution in [3.63, 3.8) is 0 Å². The van der Waals surface area contributed by atoms with Crippen molar-refractivity contribution in [2.45, 2.75) is 20.8 Å². The molecule has 1 amide bonds. The summed E-state index contributed by atoms with van der Waals surface area (Å²) in [6.07, 6.45) is 0. The van der Waals surface area contributed by atoms with Gasteiger partial charge in [-0.3, -0.25) is 4.79 Å². The van der Waals surface area contributed by atoms with Crippen LogP contribution in [0.25, 0.3) is 0 Å². The molecule has 0 aliphatic carbocycles. The van der Waals surface area contributed by atoms with Gasteiger partial charge in [-0.05, 0) is 69.3 Å². The Morgan fingerprint density at radius 1 is 0.967 bits per heavy atom. The number of ether oxygens (including phenoxy) is 1. The molecule has 0 saturated carbocycles. The van der Waals surface area contributed by atoms with E-state index >= 15 is 0 Å². The Balaban J connectivity index is 1.68. The number of amides is 1. The Morgan fingerprint density at radius 2 is 1.60 bits per heavy atom. The van der Waals surface area contributed by atoms with Crippen molar-refractivity contribution in [3.8, 4) is 5.75 Å². The Kier molecular flexibility index (Phi) is 6.85. The van der Waals surface area contributed by atoms with Crippen LogP contribution in [-0.2, 0) is 0 Å². The quantitative estimate of drug-likeness (QED) is 0.569. The van der Waals surface area contributed by atoms with Crippen LogP contribution in [-0.4, -0.2) is 36.1 Å². The number of nitrogens with one attached hydrogen (secondary N) is 2. The third kappa shape index (κ3) is 5.26. The first-order chi connectivity index (χ1) is 14.5. The smallest absolute Gasteiger partial charge is 0.255 e. The van der Waals surface area contributed by atoms with Gasteiger partial charge in [0.25, 0.3) is 5.91 Å². The zero-order valence-electron chi connectivity index (χ0n) is 17.8. The number of rotatable bonds is 8. The van der Waals surface area contributed by atoms with Gasteiger partial charge in [0.2, 0.25) is 5.95 Å². The Morgan fingerprint density at radius 3 is 2.20 bits per heavy atom. The molecule has 0 radical (unpaired) electrons. The first-order valence-corrected chi connectivity index (χ1v) is 9.95. The number of anilines is 4. The number of hydrogen-bond donors (Lipinski definition) is 2. The first kappa shape index (κ1) is 21.1. The Labute approximate surface area is 177 Å². The van der Waals surface area contributed by atoms with E-state index in [-0.39, 0.29) is 5.91 Å². The van der Waals surface area contributed by atoms with Crippen LogP contribution in [0, 0.1) is 6.92 Å². The summed E-state index contributed by atoms with van der Waals surface area (Å²) in [5.41, 5.74) is 3.01. The molecule has 0 spiro atoms. The largest absolute Gasteiger partial charge is 0.497 e. The zero-order chi connectivity index (χ0) is 21.5. The van der Waals surface area contributed by atoms with E-state index in [2.05, 4.69) is 39.3 Å². The highest BCUT2D eigenvalue weighted by molar-refractivity contribution is 6.04. The molecule has 0 atom stereocenters. The molecule has 7 nitrogen and oxygen atoms in total. The molecular weight excluding hydrogens is 378 g/mol. The minimum absolute atomic E-state index is 0.177. The number of hydrogen-bond acceptors (Lipinski definition) is 6. The minimum Gasteiger partial charge on any atom is -0.497 e. The molecule has 3 aromatic rings. The molecular formula is C23H27N5O2. The number of aromatic nitrogens is 2. The van der Waals surface area contributed by atoms with Crippen molar-refractivity contribution in [2.24, 2.45) is 0 Å². The molecule has 0 fully saturated rings. The van der Waals surface area contributed by atoms with E-state index in [9.17, 15) is 4.79 Å².